The summed E-state index contributed by atoms with van der Waals surface area (Å²) in [6.45, 7) is 3.65. The third-order valence-corrected chi connectivity index (χ3v) is 7.07. The third kappa shape index (κ3) is 6.62. The second kappa shape index (κ2) is 12.3. The topological polar surface area (TPSA) is 106 Å². The molecule has 0 spiro atoms. The van der Waals surface area contributed by atoms with Crippen LogP contribution in [0.5, 0.6) is 5.75 Å². The maximum absolute atomic E-state index is 13.0. The highest BCUT2D eigenvalue weighted by Gasteiger charge is 2.27. The number of fused-ring (bicyclic) bond motifs is 1. The molecule has 2 aromatic carbocycles. The zero-order valence-corrected chi connectivity index (χ0v) is 21.6. The SMILES string of the molecule is CCOC(=O)c1c(NC(=O)c2ccc(OC(C)C(=O)NN=Cc3ccccc3)cc2)sc2c1CCCC2. The number of nitrogens with one attached hydrogen (secondary N) is 2. The van der Waals surface area contributed by atoms with Crippen molar-refractivity contribution in [2.24, 2.45) is 5.10 Å². The number of nitrogens with zero attached hydrogens (tertiary/aromatic N) is 1. The van der Waals surface area contributed by atoms with Gasteiger partial charge in [0.25, 0.3) is 11.8 Å². The fourth-order valence-corrected chi connectivity index (χ4v) is 5.26. The van der Waals surface area contributed by atoms with Gasteiger partial charge in [-0.1, -0.05) is 30.3 Å². The van der Waals surface area contributed by atoms with E-state index in [1.807, 2.05) is 30.3 Å². The first kappa shape index (κ1) is 26.1. The number of hydrogen-bond donors (Lipinski definition) is 2. The van der Waals surface area contributed by atoms with Crippen molar-refractivity contribution in [1.82, 2.24) is 5.43 Å². The molecular formula is C28H29N3O5S. The second-order valence-corrected chi connectivity index (χ2v) is 9.62. The number of hydrazone groups is 1. The number of hydrogen-bond acceptors (Lipinski definition) is 7. The lowest BCUT2D eigenvalue weighted by Gasteiger charge is -2.13. The number of amides is 2. The minimum Gasteiger partial charge on any atom is -0.481 e. The number of aryl methyl sites for hydroxylation is 1. The van der Waals surface area contributed by atoms with Gasteiger partial charge in [-0.3, -0.25) is 9.59 Å². The highest BCUT2D eigenvalue weighted by Crippen LogP contribution is 2.38. The van der Waals surface area contributed by atoms with Crippen LogP contribution in [0, 0.1) is 0 Å². The summed E-state index contributed by atoms with van der Waals surface area (Å²) in [6.07, 6.45) is 4.55. The highest BCUT2D eigenvalue weighted by molar-refractivity contribution is 7.17. The number of carbonyl (C=O) groups is 3. The molecule has 2 N–H and O–H groups in total. The molecule has 0 saturated carbocycles. The minimum absolute atomic E-state index is 0.272. The van der Waals surface area contributed by atoms with Gasteiger partial charge in [-0.25, -0.2) is 10.2 Å². The van der Waals surface area contributed by atoms with Crippen LogP contribution in [0.1, 0.15) is 63.4 Å². The summed E-state index contributed by atoms with van der Waals surface area (Å²) in [4.78, 5) is 39.0. The molecule has 192 valence electrons. The van der Waals surface area contributed by atoms with Crippen LogP contribution in [0.2, 0.25) is 0 Å². The molecule has 1 aliphatic carbocycles. The summed E-state index contributed by atoms with van der Waals surface area (Å²) in [5, 5.41) is 7.37. The van der Waals surface area contributed by atoms with Gasteiger partial charge in [-0.15, -0.1) is 11.3 Å². The molecule has 0 fully saturated rings. The Bertz CT molecular complexity index is 1290. The lowest BCUT2D eigenvalue weighted by molar-refractivity contribution is -0.127. The van der Waals surface area contributed by atoms with Crippen molar-refractivity contribution in [2.45, 2.75) is 45.6 Å². The first-order valence-electron chi connectivity index (χ1n) is 12.2. The molecule has 3 aromatic rings. The van der Waals surface area contributed by atoms with Gasteiger partial charge in [0, 0.05) is 10.4 Å². The molecule has 37 heavy (non-hydrogen) atoms. The largest absolute Gasteiger partial charge is 0.481 e. The standard InChI is InChI=1S/C28H29N3O5S/c1-3-35-28(34)24-22-11-7-8-12-23(22)37-27(24)30-26(33)20-13-15-21(16-14-20)36-18(2)25(32)31-29-17-19-9-5-4-6-10-19/h4-6,9-10,13-18H,3,7-8,11-12H2,1-2H3,(H,30,33)(H,31,32). The fraction of sp³-hybridized carbons (Fsp3) is 0.286. The number of thiophene rings is 1. The Kier molecular flexibility index (Phi) is 8.68. The predicted octanol–water partition coefficient (Wildman–Crippen LogP) is 4.97. The summed E-state index contributed by atoms with van der Waals surface area (Å²) in [6, 6.07) is 15.9. The van der Waals surface area contributed by atoms with Crippen molar-refractivity contribution in [3.63, 3.8) is 0 Å². The molecular weight excluding hydrogens is 490 g/mol. The van der Waals surface area contributed by atoms with E-state index in [4.69, 9.17) is 9.47 Å². The van der Waals surface area contributed by atoms with Gasteiger partial charge < -0.3 is 14.8 Å². The average Bonchev–Trinajstić information content (AvgIpc) is 3.27. The van der Waals surface area contributed by atoms with Crippen LogP contribution in [0.15, 0.2) is 59.7 Å². The summed E-state index contributed by atoms with van der Waals surface area (Å²) in [7, 11) is 0. The van der Waals surface area contributed by atoms with Gasteiger partial charge in [-0.05, 0) is 74.9 Å². The molecule has 0 bridgehead atoms. The van der Waals surface area contributed by atoms with Crippen molar-refractivity contribution in [3.8, 4) is 5.75 Å². The van der Waals surface area contributed by atoms with E-state index in [2.05, 4.69) is 15.8 Å². The Morgan fingerprint density at radius 2 is 1.78 bits per heavy atom. The Hall–Kier alpha value is -3.98. The summed E-state index contributed by atoms with van der Waals surface area (Å²) in [5.41, 5.74) is 5.19. The number of rotatable bonds is 9. The van der Waals surface area contributed by atoms with Gasteiger partial charge in [0.15, 0.2) is 6.10 Å². The van der Waals surface area contributed by atoms with Gasteiger partial charge in [0.2, 0.25) is 0 Å². The zero-order chi connectivity index (χ0) is 26.2. The highest BCUT2D eigenvalue weighted by atomic mass is 32.1. The van der Waals surface area contributed by atoms with Crippen LogP contribution < -0.4 is 15.5 Å². The van der Waals surface area contributed by atoms with Crippen molar-refractivity contribution in [2.75, 3.05) is 11.9 Å². The molecule has 0 radical (unpaired) electrons. The zero-order valence-electron chi connectivity index (χ0n) is 20.8. The van der Waals surface area contributed by atoms with Crippen LogP contribution in [-0.4, -0.2) is 36.7 Å². The number of anilines is 1. The monoisotopic (exact) mass is 519 g/mol. The van der Waals surface area contributed by atoms with E-state index in [9.17, 15) is 14.4 Å². The van der Waals surface area contributed by atoms with Gasteiger partial charge in [0.1, 0.15) is 10.8 Å². The van der Waals surface area contributed by atoms with E-state index in [1.165, 1.54) is 11.3 Å². The smallest absolute Gasteiger partial charge is 0.341 e. The molecule has 1 unspecified atom stereocenters. The Morgan fingerprint density at radius 3 is 2.51 bits per heavy atom. The maximum Gasteiger partial charge on any atom is 0.341 e. The van der Waals surface area contributed by atoms with E-state index in [0.717, 1.165) is 41.7 Å². The van der Waals surface area contributed by atoms with E-state index < -0.39 is 18.0 Å². The molecule has 4 rings (SSSR count). The summed E-state index contributed by atoms with van der Waals surface area (Å²) >= 11 is 1.45. The first-order valence-corrected chi connectivity index (χ1v) is 13.1. The van der Waals surface area contributed by atoms with E-state index in [1.54, 1.807) is 44.3 Å². The molecule has 1 heterocycles. The van der Waals surface area contributed by atoms with Crippen LogP contribution in [0.3, 0.4) is 0 Å². The van der Waals surface area contributed by atoms with Gasteiger partial charge in [0.05, 0.1) is 18.4 Å². The molecule has 2 amide bonds. The maximum atomic E-state index is 13.0. The van der Waals surface area contributed by atoms with Crippen molar-refractivity contribution >= 4 is 40.3 Å². The third-order valence-electron chi connectivity index (χ3n) is 5.86. The normalized spacial score (nSPS) is 13.5. The van der Waals surface area contributed by atoms with Crippen LogP contribution in [-0.2, 0) is 22.4 Å². The van der Waals surface area contributed by atoms with Crippen LogP contribution in [0.25, 0.3) is 0 Å². The Morgan fingerprint density at radius 1 is 1.05 bits per heavy atom. The fourth-order valence-electron chi connectivity index (χ4n) is 3.99. The number of carbonyl (C=O) groups excluding carboxylic acids is 3. The molecule has 1 atom stereocenters. The molecule has 0 aliphatic heterocycles. The van der Waals surface area contributed by atoms with Gasteiger partial charge >= 0.3 is 5.97 Å². The minimum atomic E-state index is -0.794. The molecule has 8 nitrogen and oxygen atoms in total. The Labute approximate surface area is 219 Å². The molecule has 0 saturated heterocycles. The second-order valence-electron chi connectivity index (χ2n) is 8.52. The van der Waals surface area contributed by atoms with E-state index >= 15 is 0 Å². The van der Waals surface area contributed by atoms with Crippen LogP contribution in [0.4, 0.5) is 5.00 Å². The molecule has 1 aliphatic rings. The number of benzene rings is 2. The van der Waals surface area contributed by atoms with E-state index in [0.29, 0.717) is 21.9 Å². The first-order chi connectivity index (χ1) is 18.0. The average molecular weight is 520 g/mol. The van der Waals surface area contributed by atoms with Crippen molar-refractivity contribution in [3.05, 3.63) is 81.7 Å². The van der Waals surface area contributed by atoms with Crippen molar-refractivity contribution < 1.29 is 23.9 Å². The Balaban J connectivity index is 1.37. The predicted molar refractivity (Wildman–Crippen MR) is 144 cm³/mol. The summed E-state index contributed by atoms with van der Waals surface area (Å²) < 4.78 is 10.9. The van der Waals surface area contributed by atoms with Crippen LogP contribution >= 0.6 is 11.3 Å². The van der Waals surface area contributed by atoms with Crippen molar-refractivity contribution in [1.29, 1.82) is 0 Å². The lowest BCUT2D eigenvalue weighted by atomic mass is 9.95. The number of ether oxygens (including phenoxy) is 2. The van der Waals surface area contributed by atoms with Gasteiger partial charge in [-0.2, -0.15) is 5.10 Å². The quantitative estimate of drug-likeness (QED) is 0.236. The summed E-state index contributed by atoms with van der Waals surface area (Å²) in [5.74, 6) is -0.703. The van der Waals surface area contributed by atoms with E-state index in [-0.39, 0.29) is 12.5 Å². The lowest BCUT2D eigenvalue weighted by Crippen LogP contribution is -2.33. The molecule has 1 aromatic heterocycles. The number of esters is 1. The molecule has 9 heteroatoms.